The maximum atomic E-state index is 13.3. The molecule has 0 bridgehead atoms. The topological polar surface area (TPSA) is 110 Å². The van der Waals surface area contributed by atoms with E-state index in [1.165, 1.54) is 23.9 Å². The first-order valence-corrected chi connectivity index (χ1v) is 13.3. The lowest BCUT2D eigenvalue weighted by Crippen LogP contribution is -2.46. The smallest absolute Gasteiger partial charge is 0.311 e. The van der Waals surface area contributed by atoms with E-state index in [0.29, 0.717) is 17.6 Å². The van der Waals surface area contributed by atoms with Crippen LogP contribution in [0.5, 0.6) is 0 Å². The zero-order valence-electron chi connectivity index (χ0n) is 19.8. The molecule has 0 spiro atoms. The third-order valence-electron chi connectivity index (χ3n) is 6.78. The SMILES string of the molecule is CC1CCN(Cc2ccccc2)CC1Nc1c([N+](=O)[O-])cnc2c1ccn2S(=O)(=O)c1ccccc1. The van der Waals surface area contributed by atoms with Crippen molar-refractivity contribution in [3.05, 3.63) is 94.8 Å². The molecule has 1 saturated heterocycles. The van der Waals surface area contributed by atoms with Gasteiger partial charge in [0.05, 0.1) is 15.2 Å². The number of pyridine rings is 1. The summed E-state index contributed by atoms with van der Waals surface area (Å²) >= 11 is 0. The molecule has 36 heavy (non-hydrogen) atoms. The molecule has 1 N–H and O–H groups in total. The van der Waals surface area contributed by atoms with E-state index in [-0.39, 0.29) is 28.2 Å². The highest BCUT2D eigenvalue weighted by atomic mass is 32.2. The Kier molecular flexibility index (Phi) is 6.46. The van der Waals surface area contributed by atoms with Crippen LogP contribution in [0.3, 0.4) is 0 Å². The Balaban J connectivity index is 1.50. The fraction of sp³-hybridized carbons (Fsp3) is 0.269. The van der Waals surface area contributed by atoms with Crippen LogP contribution >= 0.6 is 0 Å². The number of nitro groups is 1. The molecule has 0 radical (unpaired) electrons. The van der Waals surface area contributed by atoms with Crippen LogP contribution in [0, 0.1) is 16.0 Å². The summed E-state index contributed by atoms with van der Waals surface area (Å²) in [6.07, 6.45) is 3.48. The summed E-state index contributed by atoms with van der Waals surface area (Å²) in [7, 11) is -3.91. The average molecular weight is 506 g/mol. The Morgan fingerprint density at radius 3 is 2.47 bits per heavy atom. The summed E-state index contributed by atoms with van der Waals surface area (Å²) in [5.41, 5.74) is 1.48. The molecule has 2 atom stereocenters. The Morgan fingerprint density at radius 1 is 1.08 bits per heavy atom. The monoisotopic (exact) mass is 505 g/mol. The molecule has 2 aromatic heterocycles. The van der Waals surface area contributed by atoms with Crippen LogP contribution in [0.4, 0.5) is 11.4 Å². The van der Waals surface area contributed by atoms with Crippen molar-refractivity contribution in [1.29, 1.82) is 0 Å². The average Bonchev–Trinajstić information content (AvgIpc) is 3.33. The second-order valence-electron chi connectivity index (χ2n) is 9.18. The number of rotatable bonds is 7. The van der Waals surface area contributed by atoms with Crippen LogP contribution in [0.25, 0.3) is 11.0 Å². The third kappa shape index (κ3) is 4.57. The van der Waals surface area contributed by atoms with Gasteiger partial charge in [0.1, 0.15) is 11.9 Å². The van der Waals surface area contributed by atoms with Gasteiger partial charge in [0.2, 0.25) is 0 Å². The molecule has 10 heteroatoms. The van der Waals surface area contributed by atoms with Crippen molar-refractivity contribution in [1.82, 2.24) is 13.9 Å². The Morgan fingerprint density at radius 2 is 1.78 bits per heavy atom. The van der Waals surface area contributed by atoms with E-state index < -0.39 is 14.9 Å². The first-order valence-electron chi connectivity index (χ1n) is 11.8. The van der Waals surface area contributed by atoms with Gasteiger partial charge in [-0.2, -0.15) is 0 Å². The summed E-state index contributed by atoms with van der Waals surface area (Å²) in [5.74, 6) is 0.273. The second kappa shape index (κ2) is 9.71. The normalized spacial score (nSPS) is 18.8. The van der Waals surface area contributed by atoms with Crippen LogP contribution in [0.1, 0.15) is 18.9 Å². The third-order valence-corrected chi connectivity index (χ3v) is 8.46. The Hall–Kier alpha value is -3.76. The highest BCUT2D eigenvalue weighted by molar-refractivity contribution is 7.90. The number of aromatic nitrogens is 2. The Bertz CT molecular complexity index is 1490. The highest BCUT2D eigenvalue weighted by Crippen LogP contribution is 2.35. The van der Waals surface area contributed by atoms with E-state index in [1.54, 1.807) is 24.3 Å². The number of hydrogen-bond acceptors (Lipinski definition) is 7. The van der Waals surface area contributed by atoms with E-state index in [2.05, 4.69) is 34.3 Å². The van der Waals surface area contributed by atoms with Crippen LogP contribution in [0.2, 0.25) is 0 Å². The van der Waals surface area contributed by atoms with Crippen molar-refractivity contribution in [3.8, 4) is 0 Å². The quantitative estimate of drug-likeness (QED) is 0.291. The molecular weight excluding hydrogens is 478 g/mol. The summed E-state index contributed by atoms with van der Waals surface area (Å²) in [4.78, 5) is 18.1. The standard InChI is InChI=1S/C26H27N5O4S/c1-19-12-14-29(17-20-8-4-2-5-9-20)18-23(19)28-25-22-13-15-30(26(22)27-16-24(25)31(32)33)36(34,35)21-10-6-3-7-11-21/h2-11,13,15-16,19,23H,12,14,17-18H2,1H3,(H,27,28). The fourth-order valence-corrected chi connectivity index (χ4v) is 6.06. The lowest BCUT2D eigenvalue weighted by atomic mass is 9.92. The number of fused-ring (bicyclic) bond motifs is 1. The fourth-order valence-electron chi connectivity index (χ4n) is 4.74. The van der Waals surface area contributed by atoms with E-state index in [9.17, 15) is 18.5 Å². The summed E-state index contributed by atoms with van der Waals surface area (Å²) in [6, 6.07) is 19.8. The first kappa shape index (κ1) is 24.0. The number of anilines is 1. The zero-order valence-corrected chi connectivity index (χ0v) is 20.6. The van der Waals surface area contributed by atoms with Gasteiger partial charge in [-0.25, -0.2) is 17.4 Å². The van der Waals surface area contributed by atoms with Gasteiger partial charge in [0.15, 0.2) is 5.65 Å². The second-order valence-corrected chi connectivity index (χ2v) is 11.0. The van der Waals surface area contributed by atoms with E-state index in [1.807, 2.05) is 18.2 Å². The summed E-state index contributed by atoms with van der Waals surface area (Å²) < 4.78 is 27.6. The molecular formula is C26H27N5O4S. The lowest BCUT2D eigenvalue weighted by Gasteiger charge is -2.38. The first-order chi connectivity index (χ1) is 17.3. The highest BCUT2D eigenvalue weighted by Gasteiger charge is 2.31. The number of benzene rings is 2. The molecule has 3 heterocycles. The molecule has 186 valence electrons. The van der Waals surface area contributed by atoms with Crippen molar-refractivity contribution < 1.29 is 13.3 Å². The maximum absolute atomic E-state index is 13.3. The minimum absolute atomic E-state index is 0.0548. The zero-order chi connectivity index (χ0) is 25.3. The lowest BCUT2D eigenvalue weighted by molar-refractivity contribution is -0.384. The predicted octanol–water partition coefficient (Wildman–Crippen LogP) is 4.50. The molecule has 5 rings (SSSR count). The van der Waals surface area contributed by atoms with Gasteiger partial charge in [0, 0.05) is 25.3 Å². The van der Waals surface area contributed by atoms with Crippen molar-refractivity contribution in [2.75, 3.05) is 18.4 Å². The molecule has 0 amide bonds. The van der Waals surface area contributed by atoms with Crippen LogP contribution in [0.15, 0.2) is 84.0 Å². The van der Waals surface area contributed by atoms with Gasteiger partial charge in [0.25, 0.3) is 10.0 Å². The number of nitrogens with zero attached hydrogens (tertiary/aromatic N) is 4. The minimum Gasteiger partial charge on any atom is -0.375 e. The number of likely N-dealkylation sites (tertiary alicyclic amines) is 1. The molecule has 2 aromatic carbocycles. The van der Waals surface area contributed by atoms with Crippen LogP contribution in [-0.2, 0) is 16.6 Å². The Labute approximate surface area is 209 Å². The van der Waals surface area contributed by atoms with Gasteiger partial charge in [-0.1, -0.05) is 55.5 Å². The van der Waals surface area contributed by atoms with Crippen molar-refractivity contribution in [2.24, 2.45) is 5.92 Å². The number of piperidine rings is 1. The minimum atomic E-state index is -3.91. The molecule has 0 aliphatic carbocycles. The largest absolute Gasteiger partial charge is 0.375 e. The van der Waals surface area contributed by atoms with Crippen molar-refractivity contribution in [3.63, 3.8) is 0 Å². The molecule has 1 aliphatic rings. The maximum Gasteiger partial charge on any atom is 0.311 e. The molecule has 4 aromatic rings. The van der Waals surface area contributed by atoms with Crippen molar-refractivity contribution in [2.45, 2.75) is 30.8 Å². The number of nitrogens with one attached hydrogen (secondary N) is 1. The van der Waals surface area contributed by atoms with E-state index >= 15 is 0 Å². The van der Waals surface area contributed by atoms with Crippen molar-refractivity contribution >= 4 is 32.4 Å². The van der Waals surface area contributed by atoms with Crippen LogP contribution in [-0.4, -0.2) is 46.3 Å². The number of hydrogen-bond donors (Lipinski definition) is 1. The molecule has 2 unspecified atom stereocenters. The van der Waals surface area contributed by atoms with E-state index in [0.717, 1.165) is 29.7 Å². The molecule has 1 aliphatic heterocycles. The van der Waals surface area contributed by atoms with Gasteiger partial charge in [-0.15, -0.1) is 0 Å². The summed E-state index contributed by atoms with van der Waals surface area (Å²) in [5, 5.41) is 15.7. The molecule has 9 nitrogen and oxygen atoms in total. The predicted molar refractivity (Wildman–Crippen MR) is 138 cm³/mol. The van der Waals surface area contributed by atoms with Gasteiger partial charge in [-0.05, 0) is 42.6 Å². The van der Waals surface area contributed by atoms with E-state index in [4.69, 9.17) is 0 Å². The van der Waals surface area contributed by atoms with Crippen LogP contribution < -0.4 is 5.32 Å². The molecule has 0 saturated carbocycles. The van der Waals surface area contributed by atoms with Gasteiger partial charge in [-0.3, -0.25) is 15.0 Å². The molecule has 1 fully saturated rings. The van der Waals surface area contributed by atoms with Gasteiger partial charge >= 0.3 is 5.69 Å². The summed E-state index contributed by atoms with van der Waals surface area (Å²) in [6.45, 7) is 4.58. The van der Waals surface area contributed by atoms with Gasteiger partial charge < -0.3 is 5.32 Å².